The zero-order valence-corrected chi connectivity index (χ0v) is 11.5. The Bertz CT molecular complexity index is 454. The van der Waals surface area contributed by atoms with Gasteiger partial charge in [0.05, 0.1) is 24.6 Å². The van der Waals surface area contributed by atoms with E-state index in [1.807, 2.05) is 32.0 Å². The molecule has 1 fully saturated rings. The molecule has 19 heavy (non-hydrogen) atoms. The number of nitrogens with zero attached hydrogens (tertiary/aromatic N) is 1. The van der Waals surface area contributed by atoms with Gasteiger partial charge in [-0.1, -0.05) is 13.8 Å². The number of morpholine rings is 1. The number of nitrogens with two attached hydrogens (primary N) is 1. The molecule has 1 heterocycles. The zero-order valence-electron chi connectivity index (χ0n) is 11.5. The second-order valence-corrected chi connectivity index (χ2v) is 5.02. The monoisotopic (exact) mass is 263 g/mol. The summed E-state index contributed by atoms with van der Waals surface area (Å²) in [4.78, 5) is 13.8. The molecule has 104 valence electrons. The summed E-state index contributed by atoms with van der Waals surface area (Å²) in [6.07, 6.45) is 0. The van der Waals surface area contributed by atoms with Gasteiger partial charge >= 0.3 is 0 Å². The number of ether oxygens (including phenoxy) is 1. The number of carbonyl (C=O) groups is 1. The van der Waals surface area contributed by atoms with Crippen LogP contribution in [0.5, 0.6) is 0 Å². The van der Waals surface area contributed by atoms with Crippen LogP contribution in [0.2, 0.25) is 0 Å². The van der Waals surface area contributed by atoms with E-state index in [-0.39, 0.29) is 11.8 Å². The normalized spacial score (nSPS) is 15.6. The molecule has 2 rings (SSSR count). The number of hydrogen-bond donors (Lipinski definition) is 2. The Morgan fingerprint density at radius 1 is 1.37 bits per heavy atom. The van der Waals surface area contributed by atoms with Gasteiger partial charge in [-0.2, -0.15) is 0 Å². The molecule has 0 unspecified atom stereocenters. The number of anilines is 3. The molecule has 1 saturated heterocycles. The van der Waals surface area contributed by atoms with Crippen LogP contribution in [-0.4, -0.2) is 32.2 Å². The van der Waals surface area contributed by atoms with Crippen LogP contribution < -0.4 is 16.0 Å². The van der Waals surface area contributed by atoms with E-state index >= 15 is 0 Å². The maximum absolute atomic E-state index is 11.6. The molecule has 3 N–H and O–H groups in total. The van der Waals surface area contributed by atoms with Crippen molar-refractivity contribution in [3.05, 3.63) is 18.2 Å². The SMILES string of the molecule is CC(C)C(=O)Nc1ccc(N2CCOCC2)c(N)c1. The fourth-order valence-corrected chi connectivity index (χ4v) is 2.01. The van der Waals surface area contributed by atoms with Crippen molar-refractivity contribution in [1.82, 2.24) is 0 Å². The first-order chi connectivity index (χ1) is 9.08. The molecular weight excluding hydrogens is 242 g/mol. The topological polar surface area (TPSA) is 67.6 Å². The van der Waals surface area contributed by atoms with Crippen molar-refractivity contribution in [2.75, 3.05) is 42.3 Å². The summed E-state index contributed by atoms with van der Waals surface area (Å²) in [6.45, 7) is 6.88. The largest absolute Gasteiger partial charge is 0.397 e. The lowest BCUT2D eigenvalue weighted by Crippen LogP contribution is -2.36. The number of benzene rings is 1. The summed E-state index contributed by atoms with van der Waals surface area (Å²) in [5.74, 6) is -0.0429. The van der Waals surface area contributed by atoms with Crippen molar-refractivity contribution in [2.45, 2.75) is 13.8 Å². The van der Waals surface area contributed by atoms with Gasteiger partial charge in [-0.25, -0.2) is 0 Å². The summed E-state index contributed by atoms with van der Waals surface area (Å²) < 4.78 is 5.32. The van der Waals surface area contributed by atoms with Gasteiger partial charge in [-0.3, -0.25) is 4.79 Å². The average molecular weight is 263 g/mol. The molecule has 1 aromatic rings. The first-order valence-corrected chi connectivity index (χ1v) is 6.61. The molecule has 0 spiro atoms. The van der Waals surface area contributed by atoms with E-state index in [1.165, 1.54) is 0 Å². The number of nitrogen functional groups attached to an aromatic ring is 1. The highest BCUT2D eigenvalue weighted by Crippen LogP contribution is 2.27. The van der Waals surface area contributed by atoms with Crippen molar-refractivity contribution in [2.24, 2.45) is 5.92 Å². The zero-order chi connectivity index (χ0) is 13.8. The van der Waals surface area contributed by atoms with E-state index in [0.29, 0.717) is 5.69 Å². The van der Waals surface area contributed by atoms with Crippen LogP contribution in [0.4, 0.5) is 17.1 Å². The highest BCUT2D eigenvalue weighted by atomic mass is 16.5. The molecule has 0 aliphatic carbocycles. The minimum Gasteiger partial charge on any atom is -0.397 e. The van der Waals surface area contributed by atoms with Crippen LogP contribution in [0.15, 0.2) is 18.2 Å². The molecule has 1 aliphatic heterocycles. The van der Waals surface area contributed by atoms with Gasteiger partial charge < -0.3 is 20.7 Å². The van der Waals surface area contributed by atoms with Gasteiger partial charge in [0.25, 0.3) is 0 Å². The van der Waals surface area contributed by atoms with Crippen LogP contribution in [0.25, 0.3) is 0 Å². The van der Waals surface area contributed by atoms with Gasteiger partial charge in [0, 0.05) is 24.7 Å². The lowest BCUT2D eigenvalue weighted by atomic mass is 10.1. The Morgan fingerprint density at radius 2 is 2.05 bits per heavy atom. The summed E-state index contributed by atoms with van der Waals surface area (Å²) in [5.41, 5.74) is 8.50. The standard InChI is InChI=1S/C14H21N3O2/c1-10(2)14(18)16-11-3-4-13(12(15)9-11)17-5-7-19-8-6-17/h3-4,9-10H,5-8,15H2,1-2H3,(H,16,18). The predicted molar refractivity (Wildman–Crippen MR) is 77.4 cm³/mol. The van der Waals surface area contributed by atoms with E-state index in [1.54, 1.807) is 0 Å². The average Bonchev–Trinajstić information content (AvgIpc) is 2.39. The molecular formula is C14H21N3O2. The van der Waals surface area contributed by atoms with E-state index in [2.05, 4.69) is 10.2 Å². The predicted octanol–water partition coefficient (Wildman–Crippen LogP) is 1.70. The van der Waals surface area contributed by atoms with Crippen LogP contribution in [0, 0.1) is 5.92 Å². The van der Waals surface area contributed by atoms with Crippen LogP contribution >= 0.6 is 0 Å². The minimum absolute atomic E-state index is 0.00137. The van der Waals surface area contributed by atoms with Crippen molar-refractivity contribution >= 4 is 23.0 Å². The Hall–Kier alpha value is -1.75. The number of amides is 1. The van der Waals surface area contributed by atoms with Crippen molar-refractivity contribution in [3.8, 4) is 0 Å². The number of hydrogen-bond acceptors (Lipinski definition) is 4. The van der Waals surface area contributed by atoms with Crippen LogP contribution in [-0.2, 0) is 9.53 Å². The Labute approximate surface area is 113 Å². The summed E-state index contributed by atoms with van der Waals surface area (Å²) in [5, 5.41) is 2.85. The number of nitrogens with one attached hydrogen (secondary N) is 1. The number of carbonyl (C=O) groups excluding carboxylic acids is 1. The van der Waals surface area contributed by atoms with E-state index in [4.69, 9.17) is 10.5 Å². The maximum atomic E-state index is 11.6. The maximum Gasteiger partial charge on any atom is 0.226 e. The molecule has 1 aliphatic rings. The van der Waals surface area contributed by atoms with Crippen molar-refractivity contribution in [3.63, 3.8) is 0 Å². The molecule has 0 radical (unpaired) electrons. The molecule has 5 heteroatoms. The van der Waals surface area contributed by atoms with Gasteiger partial charge in [0.2, 0.25) is 5.91 Å². The summed E-state index contributed by atoms with van der Waals surface area (Å²) in [7, 11) is 0. The molecule has 0 aromatic heterocycles. The van der Waals surface area contributed by atoms with Crippen molar-refractivity contribution < 1.29 is 9.53 Å². The van der Waals surface area contributed by atoms with E-state index < -0.39 is 0 Å². The van der Waals surface area contributed by atoms with E-state index in [9.17, 15) is 4.79 Å². The fourth-order valence-electron chi connectivity index (χ4n) is 2.01. The van der Waals surface area contributed by atoms with Gasteiger partial charge in [-0.05, 0) is 18.2 Å². The third kappa shape index (κ3) is 3.38. The van der Waals surface area contributed by atoms with Crippen LogP contribution in [0.1, 0.15) is 13.8 Å². The third-order valence-corrected chi connectivity index (χ3v) is 3.17. The molecule has 0 atom stereocenters. The Kier molecular flexibility index (Phi) is 4.27. The Morgan fingerprint density at radius 3 is 2.63 bits per heavy atom. The van der Waals surface area contributed by atoms with Crippen molar-refractivity contribution in [1.29, 1.82) is 0 Å². The fraction of sp³-hybridized carbons (Fsp3) is 0.500. The smallest absolute Gasteiger partial charge is 0.226 e. The molecule has 1 aromatic carbocycles. The van der Waals surface area contributed by atoms with E-state index in [0.717, 1.165) is 37.7 Å². The highest BCUT2D eigenvalue weighted by Gasteiger charge is 2.14. The molecule has 5 nitrogen and oxygen atoms in total. The highest BCUT2D eigenvalue weighted by molar-refractivity contribution is 5.93. The second-order valence-electron chi connectivity index (χ2n) is 5.02. The van der Waals surface area contributed by atoms with Gasteiger partial charge in [0.15, 0.2) is 0 Å². The summed E-state index contributed by atoms with van der Waals surface area (Å²) in [6, 6.07) is 5.66. The molecule has 0 bridgehead atoms. The number of rotatable bonds is 3. The third-order valence-electron chi connectivity index (χ3n) is 3.17. The first kappa shape index (κ1) is 13.7. The second kappa shape index (κ2) is 5.93. The first-order valence-electron chi connectivity index (χ1n) is 6.61. The lowest BCUT2D eigenvalue weighted by Gasteiger charge is -2.30. The quantitative estimate of drug-likeness (QED) is 0.815. The van der Waals surface area contributed by atoms with Crippen LogP contribution in [0.3, 0.4) is 0 Å². The lowest BCUT2D eigenvalue weighted by molar-refractivity contribution is -0.118. The van der Waals surface area contributed by atoms with Gasteiger partial charge in [0.1, 0.15) is 0 Å². The molecule has 0 saturated carbocycles. The minimum atomic E-state index is -0.0415. The Balaban J connectivity index is 2.10. The summed E-state index contributed by atoms with van der Waals surface area (Å²) >= 11 is 0. The molecule has 1 amide bonds. The van der Waals surface area contributed by atoms with Gasteiger partial charge in [-0.15, -0.1) is 0 Å².